The summed E-state index contributed by atoms with van der Waals surface area (Å²) < 4.78 is 0. The third kappa shape index (κ3) is 2.75. The molecule has 0 bridgehead atoms. The molecular formula is C13H19N3O. The average Bonchev–Trinajstić information content (AvgIpc) is 2.38. The number of aromatic nitrogens is 1. The minimum absolute atomic E-state index is 0.168. The Morgan fingerprint density at radius 3 is 2.71 bits per heavy atom. The summed E-state index contributed by atoms with van der Waals surface area (Å²) in [5, 5.41) is 2.73. The standard InChI is InChI=1S/C13H19N3O/c1-10-4-3-5-12(15-10)16-8-6-11(7-9-16)13(17)14-2/h3-5,11H,6-9H2,1-2H3,(H,14,17). The number of carbonyl (C=O) groups excluding carboxylic acids is 1. The van der Waals surface area contributed by atoms with Gasteiger partial charge in [-0.25, -0.2) is 4.98 Å². The lowest BCUT2D eigenvalue weighted by molar-refractivity contribution is -0.125. The largest absolute Gasteiger partial charge is 0.359 e. The highest BCUT2D eigenvalue weighted by molar-refractivity contribution is 5.78. The molecule has 4 heteroatoms. The van der Waals surface area contributed by atoms with Crippen molar-refractivity contribution < 1.29 is 4.79 Å². The van der Waals surface area contributed by atoms with Gasteiger partial charge >= 0.3 is 0 Å². The zero-order chi connectivity index (χ0) is 12.3. The van der Waals surface area contributed by atoms with Gasteiger partial charge in [0.2, 0.25) is 5.91 Å². The highest BCUT2D eigenvalue weighted by atomic mass is 16.1. The smallest absolute Gasteiger partial charge is 0.222 e. The van der Waals surface area contributed by atoms with Crippen molar-refractivity contribution in [2.75, 3.05) is 25.0 Å². The fourth-order valence-corrected chi connectivity index (χ4v) is 2.28. The Labute approximate surface area is 102 Å². The van der Waals surface area contributed by atoms with Gasteiger partial charge in [-0.2, -0.15) is 0 Å². The second-order valence-electron chi connectivity index (χ2n) is 4.51. The Balaban J connectivity index is 1.97. The van der Waals surface area contributed by atoms with Gasteiger partial charge in [-0.3, -0.25) is 4.79 Å². The molecule has 0 radical (unpaired) electrons. The van der Waals surface area contributed by atoms with E-state index in [0.717, 1.165) is 37.4 Å². The van der Waals surface area contributed by atoms with Gasteiger partial charge in [-0.05, 0) is 31.9 Å². The molecule has 4 nitrogen and oxygen atoms in total. The normalized spacial score (nSPS) is 16.9. The Hall–Kier alpha value is -1.58. The van der Waals surface area contributed by atoms with Crippen molar-refractivity contribution in [3.05, 3.63) is 23.9 Å². The van der Waals surface area contributed by atoms with E-state index in [9.17, 15) is 4.79 Å². The predicted octanol–water partition coefficient (Wildman–Crippen LogP) is 1.35. The zero-order valence-corrected chi connectivity index (χ0v) is 10.4. The summed E-state index contributed by atoms with van der Waals surface area (Å²) in [5.74, 6) is 1.36. The Kier molecular flexibility index (Phi) is 3.61. The molecule has 0 saturated carbocycles. The van der Waals surface area contributed by atoms with Crippen LogP contribution in [0.25, 0.3) is 0 Å². The summed E-state index contributed by atoms with van der Waals surface area (Å²) in [6.45, 7) is 3.82. The molecular weight excluding hydrogens is 214 g/mol. The second kappa shape index (κ2) is 5.17. The molecule has 1 aromatic rings. The number of pyridine rings is 1. The van der Waals surface area contributed by atoms with Gasteiger partial charge in [0.1, 0.15) is 5.82 Å². The van der Waals surface area contributed by atoms with E-state index >= 15 is 0 Å². The maximum atomic E-state index is 11.5. The molecule has 0 spiro atoms. The number of rotatable bonds is 2. The molecule has 0 unspecified atom stereocenters. The third-order valence-corrected chi connectivity index (χ3v) is 3.31. The third-order valence-electron chi connectivity index (χ3n) is 3.31. The number of nitrogens with one attached hydrogen (secondary N) is 1. The van der Waals surface area contributed by atoms with Crippen LogP contribution in [0.4, 0.5) is 5.82 Å². The van der Waals surface area contributed by atoms with Crippen molar-refractivity contribution in [2.24, 2.45) is 5.92 Å². The molecule has 0 atom stereocenters. The van der Waals surface area contributed by atoms with Crippen LogP contribution < -0.4 is 10.2 Å². The van der Waals surface area contributed by atoms with Crippen LogP contribution in [-0.4, -0.2) is 31.0 Å². The summed E-state index contributed by atoms with van der Waals surface area (Å²) in [5.41, 5.74) is 1.04. The van der Waals surface area contributed by atoms with E-state index in [1.807, 2.05) is 25.1 Å². The number of aryl methyl sites for hydroxylation is 1. The molecule has 1 amide bonds. The van der Waals surface area contributed by atoms with Crippen molar-refractivity contribution in [3.8, 4) is 0 Å². The van der Waals surface area contributed by atoms with Crippen LogP contribution in [0.3, 0.4) is 0 Å². The summed E-state index contributed by atoms with van der Waals surface area (Å²) in [6.07, 6.45) is 1.82. The van der Waals surface area contributed by atoms with E-state index in [1.165, 1.54) is 0 Å². The van der Waals surface area contributed by atoms with E-state index < -0.39 is 0 Å². The van der Waals surface area contributed by atoms with E-state index in [4.69, 9.17) is 0 Å². The first-order valence-electron chi connectivity index (χ1n) is 6.11. The van der Waals surface area contributed by atoms with Crippen LogP contribution in [0.2, 0.25) is 0 Å². The van der Waals surface area contributed by atoms with Gasteiger partial charge in [0.05, 0.1) is 0 Å². The van der Waals surface area contributed by atoms with Gasteiger partial charge in [0, 0.05) is 31.7 Å². The molecule has 2 heterocycles. The van der Waals surface area contributed by atoms with Crippen LogP contribution in [0.5, 0.6) is 0 Å². The van der Waals surface area contributed by atoms with Crippen molar-refractivity contribution in [3.63, 3.8) is 0 Å². The zero-order valence-electron chi connectivity index (χ0n) is 10.4. The molecule has 1 saturated heterocycles. The quantitative estimate of drug-likeness (QED) is 0.838. The molecule has 1 aliphatic heterocycles. The summed E-state index contributed by atoms with van der Waals surface area (Å²) in [7, 11) is 1.71. The lowest BCUT2D eigenvalue weighted by Crippen LogP contribution is -2.39. The molecule has 2 rings (SSSR count). The number of anilines is 1. The van der Waals surface area contributed by atoms with Gasteiger partial charge in [0.25, 0.3) is 0 Å². The van der Waals surface area contributed by atoms with Crippen LogP contribution >= 0.6 is 0 Å². The van der Waals surface area contributed by atoms with E-state index in [2.05, 4.69) is 15.2 Å². The fourth-order valence-electron chi connectivity index (χ4n) is 2.28. The Bertz CT molecular complexity index is 397. The number of hydrogen-bond acceptors (Lipinski definition) is 3. The number of nitrogens with zero attached hydrogens (tertiary/aromatic N) is 2. The lowest BCUT2D eigenvalue weighted by Gasteiger charge is -2.32. The van der Waals surface area contributed by atoms with Crippen molar-refractivity contribution in [2.45, 2.75) is 19.8 Å². The minimum Gasteiger partial charge on any atom is -0.359 e. The highest BCUT2D eigenvalue weighted by Gasteiger charge is 2.24. The summed E-state index contributed by atoms with van der Waals surface area (Å²) in [4.78, 5) is 18.3. The average molecular weight is 233 g/mol. The number of carbonyl (C=O) groups is 1. The molecule has 1 aliphatic rings. The summed E-state index contributed by atoms with van der Waals surface area (Å²) in [6, 6.07) is 6.07. The first-order valence-corrected chi connectivity index (χ1v) is 6.11. The Morgan fingerprint density at radius 1 is 1.41 bits per heavy atom. The van der Waals surface area contributed by atoms with E-state index in [0.29, 0.717) is 0 Å². The fraction of sp³-hybridized carbons (Fsp3) is 0.538. The molecule has 1 aromatic heterocycles. The van der Waals surface area contributed by atoms with Gasteiger partial charge in [0.15, 0.2) is 0 Å². The molecule has 92 valence electrons. The van der Waals surface area contributed by atoms with E-state index in [-0.39, 0.29) is 11.8 Å². The van der Waals surface area contributed by atoms with Crippen molar-refractivity contribution in [1.29, 1.82) is 0 Å². The topological polar surface area (TPSA) is 45.2 Å². The monoisotopic (exact) mass is 233 g/mol. The van der Waals surface area contributed by atoms with Crippen LogP contribution in [-0.2, 0) is 4.79 Å². The molecule has 0 aliphatic carbocycles. The Morgan fingerprint density at radius 2 is 2.12 bits per heavy atom. The highest BCUT2D eigenvalue weighted by Crippen LogP contribution is 2.21. The van der Waals surface area contributed by atoms with Gasteiger partial charge < -0.3 is 10.2 Å². The SMILES string of the molecule is CNC(=O)C1CCN(c2cccc(C)n2)CC1. The van der Waals surface area contributed by atoms with Gasteiger partial charge in [-0.15, -0.1) is 0 Å². The number of amides is 1. The van der Waals surface area contributed by atoms with Crippen molar-refractivity contribution >= 4 is 11.7 Å². The summed E-state index contributed by atoms with van der Waals surface area (Å²) >= 11 is 0. The maximum Gasteiger partial charge on any atom is 0.222 e. The number of piperidine rings is 1. The van der Waals surface area contributed by atoms with Crippen LogP contribution in [0.1, 0.15) is 18.5 Å². The number of hydrogen-bond donors (Lipinski definition) is 1. The first kappa shape index (κ1) is 11.9. The molecule has 1 N–H and O–H groups in total. The van der Waals surface area contributed by atoms with Crippen LogP contribution in [0.15, 0.2) is 18.2 Å². The lowest BCUT2D eigenvalue weighted by atomic mass is 9.96. The maximum absolute atomic E-state index is 11.5. The predicted molar refractivity (Wildman–Crippen MR) is 68.0 cm³/mol. The minimum atomic E-state index is 0.168. The first-order chi connectivity index (χ1) is 8.20. The molecule has 0 aromatic carbocycles. The molecule has 17 heavy (non-hydrogen) atoms. The molecule has 1 fully saturated rings. The van der Waals surface area contributed by atoms with Gasteiger partial charge in [-0.1, -0.05) is 6.07 Å². The second-order valence-corrected chi connectivity index (χ2v) is 4.51. The van der Waals surface area contributed by atoms with Crippen LogP contribution in [0, 0.1) is 12.8 Å². The van der Waals surface area contributed by atoms with Crippen molar-refractivity contribution in [1.82, 2.24) is 10.3 Å². The van der Waals surface area contributed by atoms with E-state index in [1.54, 1.807) is 7.05 Å².